The molecule has 0 bridgehead atoms. The van der Waals surface area contributed by atoms with Gasteiger partial charge in [0.15, 0.2) is 5.16 Å². The molecule has 0 aliphatic rings. The van der Waals surface area contributed by atoms with E-state index in [-0.39, 0.29) is 24.8 Å². The molecule has 0 spiro atoms. The van der Waals surface area contributed by atoms with Gasteiger partial charge >= 0.3 is 5.97 Å². The summed E-state index contributed by atoms with van der Waals surface area (Å²) >= 11 is 4.98. The zero-order chi connectivity index (χ0) is 24.9. The third kappa shape index (κ3) is 7.53. The van der Waals surface area contributed by atoms with Crippen LogP contribution in [0.5, 0.6) is 0 Å². The van der Waals surface area contributed by atoms with Gasteiger partial charge in [-0.05, 0) is 76.6 Å². The molecule has 33 heavy (non-hydrogen) atoms. The lowest BCUT2D eigenvalue weighted by Crippen LogP contribution is -2.41. The van der Waals surface area contributed by atoms with E-state index in [2.05, 4.69) is 30.6 Å². The van der Waals surface area contributed by atoms with Crippen LogP contribution in [0.25, 0.3) is 0 Å². The summed E-state index contributed by atoms with van der Waals surface area (Å²) in [5, 5.41) is 1.39. The van der Waals surface area contributed by atoms with Gasteiger partial charge in [0.1, 0.15) is 15.8 Å². The molecule has 2 heterocycles. The van der Waals surface area contributed by atoms with Gasteiger partial charge in [0, 0.05) is 16.2 Å². The minimum absolute atomic E-state index is 0.192. The minimum Gasteiger partial charge on any atom is -0.598 e. The molecule has 0 amide bonds. The van der Waals surface area contributed by atoms with Crippen molar-refractivity contribution in [3.63, 3.8) is 0 Å². The van der Waals surface area contributed by atoms with Crippen molar-refractivity contribution in [1.82, 2.24) is 19.3 Å². The lowest BCUT2D eigenvalue weighted by Gasteiger charge is -2.28. The summed E-state index contributed by atoms with van der Waals surface area (Å²) in [6.45, 7) is 11.4. The van der Waals surface area contributed by atoms with E-state index in [0.29, 0.717) is 28.2 Å². The average Bonchev–Trinajstić information content (AvgIpc) is 3.07. The van der Waals surface area contributed by atoms with Crippen LogP contribution in [0.15, 0.2) is 14.4 Å². The highest BCUT2D eigenvalue weighted by atomic mass is 79.9. The van der Waals surface area contributed by atoms with E-state index in [1.54, 1.807) is 24.5 Å². The number of carbonyl (C=O) groups excluding carboxylic acids is 1. The Morgan fingerprint density at radius 2 is 2.03 bits per heavy atom. The van der Waals surface area contributed by atoms with Crippen LogP contribution >= 0.6 is 39.0 Å². The number of thiazole rings is 1. The molecule has 2 atom stereocenters. The molecule has 0 aromatic carbocycles. The zero-order valence-electron chi connectivity index (χ0n) is 20.0. The van der Waals surface area contributed by atoms with Gasteiger partial charge in [0.25, 0.3) is 5.56 Å². The highest BCUT2D eigenvalue weighted by molar-refractivity contribution is 9.10. The Morgan fingerprint density at radius 3 is 2.55 bits per heavy atom. The number of halogens is 1. The number of ether oxygens (including phenoxy) is 1. The topological polar surface area (TPSA) is 109 Å². The molecule has 184 valence electrons. The van der Waals surface area contributed by atoms with Crippen molar-refractivity contribution in [1.29, 1.82) is 0 Å². The molecule has 0 aliphatic heterocycles. The molecule has 0 aliphatic carbocycles. The number of rotatable bonds is 10. The molecule has 12 heteroatoms. The molecule has 2 aromatic heterocycles. The SMILES string of the molecule is CCOC(=O)Cn1c(SC)nc(CCC(N[S@@+]([O-])C(C)(C)C)c2sc(C)nc2C)c(Br)c1=O. The van der Waals surface area contributed by atoms with Crippen LogP contribution in [0.4, 0.5) is 0 Å². The Morgan fingerprint density at radius 1 is 1.36 bits per heavy atom. The predicted octanol–water partition coefficient (Wildman–Crippen LogP) is 4.09. The molecule has 0 saturated carbocycles. The second-order valence-electron chi connectivity index (χ2n) is 8.33. The fourth-order valence-electron chi connectivity index (χ4n) is 3.05. The van der Waals surface area contributed by atoms with Crippen LogP contribution in [0.1, 0.15) is 61.4 Å². The van der Waals surface area contributed by atoms with E-state index in [1.165, 1.54) is 16.3 Å². The van der Waals surface area contributed by atoms with Crippen LogP contribution in [-0.4, -0.2) is 42.7 Å². The summed E-state index contributed by atoms with van der Waals surface area (Å²) in [7, 11) is 0. The summed E-state index contributed by atoms with van der Waals surface area (Å²) in [4.78, 5) is 35.1. The Hall–Kier alpha value is -0.920. The van der Waals surface area contributed by atoms with Crippen molar-refractivity contribution in [3.8, 4) is 0 Å². The van der Waals surface area contributed by atoms with Crippen LogP contribution in [0.3, 0.4) is 0 Å². The van der Waals surface area contributed by atoms with Crippen molar-refractivity contribution >= 4 is 56.4 Å². The predicted molar refractivity (Wildman–Crippen MR) is 138 cm³/mol. The second kappa shape index (κ2) is 12.2. The summed E-state index contributed by atoms with van der Waals surface area (Å²) in [5.41, 5.74) is 1.17. The van der Waals surface area contributed by atoms with Gasteiger partial charge in [-0.3, -0.25) is 14.2 Å². The molecule has 0 fully saturated rings. The van der Waals surface area contributed by atoms with Crippen LogP contribution in [0.2, 0.25) is 0 Å². The molecular weight excluding hydrogens is 548 g/mol. The van der Waals surface area contributed by atoms with E-state index in [0.717, 1.165) is 15.6 Å². The quantitative estimate of drug-likeness (QED) is 0.194. The monoisotopic (exact) mass is 578 g/mol. The van der Waals surface area contributed by atoms with Gasteiger partial charge < -0.3 is 9.29 Å². The minimum atomic E-state index is -1.28. The largest absolute Gasteiger partial charge is 0.598 e. The average molecular weight is 580 g/mol. The lowest BCUT2D eigenvalue weighted by molar-refractivity contribution is -0.144. The molecule has 2 rings (SSSR count). The van der Waals surface area contributed by atoms with Crippen molar-refractivity contribution in [3.05, 3.63) is 36.1 Å². The van der Waals surface area contributed by atoms with Gasteiger partial charge in [-0.1, -0.05) is 11.8 Å². The summed E-state index contributed by atoms with van der Waals surface area (Å²) in [6.07, 6.45) is 2.85. The maximum atomic E-state index is 13.0. The standard InChI is InChI=1S/C21H31BrN4O4S3/c1-8-30-16(27)11-26-19(28)17(22)14(24-20(26)31-7)9-10-15(25-33(29)21(4,5)6)18-12(2)23-13(3)32-18/h15,25H,8-11H2,1-7H3/t15?,33-/m0/s1. The molecule has 0 radical (unpaired) electrons. The number of hydrogen-bond donors (Lipinski definition) is 1. The number of thioether (sulfide) groups is 1. The number of hydrogen-bond acceptors (Lipinski definition) is 9. The highest BCUT2D eigenvalue weighted by Gasteiger charge is 2.31. The van der Waals surface area contributed by atoms with Gasteiger partial charge in [0.05, 0.1) is 29.0 Å². The maximum Gasteiger partial charge on any atom is 0.326 e. The molecule has 1 unspecified atom stereocenters. The second-order valence-corrected chi connectivity index (χ2v) is 13.1. The van der Waals surface area contributed by atoms with Crippen molar-refractivity contribution in [2.75, 3.05) is 12.9 Å². The molecule has 0 saturated heterocycles. The lowest BCUT2D eigenvalue weighted by atomic mass is 10.1. The number of carbonyl (C=O) groups is 1. The molecule has 2 aromatic rings. The van der Waals surface area contributed by atoms with E-state index < -0.39 is 22.1 Å². The van der Waals surface area contributed by atoms with E-state index >= 15 is 0 Å². The Kier molecular flexibility index (Phi) is 10.4. The first kappa shape index (κ1) is 28.3. The summed E-state index contributed by atoms with van der Waals surface area (Å²) in [6, 6.07) is -0.204. The molecule has 1 N–H and O–H groups in total. The Bertz CT molecular complexity index is 1040. The normalized spacial score (nSPS) is 13.7. The molecular formula is C21H31BrN4O4S3. The number of esters is 1. The van der Waals surface area contributed by atoms with Gasteiger partial charge in [-0.2, -0.15) is 0 Å². The first-order chi connectivity index (χ1) is 15.4. The first-order valence-corrected chi connectivity index (χ1v) is 14.5. The van der Waals surface area contributed by atoms with Gasteiger partial charge in [0.2, 0.25) is 0 Å². The summed E-state index contributed by atoms with van der Waals surface area (Å²) in [5.74, 6) is -0.485. The van der Waals surface area contributed by atoms with Crippen LogP contribution in [-0.2, 0) is 33.9 Å². The maximum absolute atomic E-state index is 13.0. The van der Waals surface area contributed by atoms with E-state index in [4.69, 9.17) is 4.74 Å². The van der Waals surface area contributed by atoms with E-state index in [1.807, 2.05) is 34.6 Å². The Labute approximate surface area is 214 Å². The smallest absolute Gasteiger partial charge is 0.326 e. The third-order valence-corrected chi connectivity index (χ3v) is 8.93. The zero-order valence-corrected chi connectivity index (χ0v) is 24.0. The Balaban J connectivity index is 2.34. The summed E-state index contributed by atoms with van der Waals surface area (Å²) < 4.78 is 22.3. The van der Waals surface area contributed by atoms with Crippen molar-refractivity contribution in [2.45, 2.75) is 76.9 Å². The van der Waals surface area contributed by atoms with E-state index in [9.17, 15) is 14.1 Å². The van der Waals surface area contributed by atoms with Gasteiger partial charge in [-0.25, -0.2) is 9.97 Å². The highest BCUT2D eigenvalue weighted by Crippen LogP contribution is 2.31. The fraction of sp³-hybridized carbons (Fsp3) is 0.619. The number of nitrogens with zero attached hydrogens (tertiary/aromatic N) is 3. The number of aromatic nitrogens is 3. The number of aryl methyl sites for hydroxylation is 3. The first-order valence-electron chi connectivity index (χ1n) is 10.5. The van der Waals surface area contributed by atoms with Crippen LogP contribution in [0, 0.1) is 13.8 Å². The fourth-order valence-corrected chi connectivity index (χ4v) is 6.06. The third-order valence-electron chi connectivity index (χ3n) is 4.65. The number of nitrogens with one attached hydrogen (secondary N) is 1. The van der Waals surface area contributed by atoms with Crippen LogP contribution < -0.4 is 10.3 Å². The molecule has 8 nitrogen and oxygen atoms in total. The van der Waals surface area contributed by atoms with Gasteiger partial charge in [-0.15, -0.1) is 16.1 Å². The van der Waals surface area contributed by atoms with Crippen molar-refractivity contribution < 1.29 is 14.1 Å². The van der Waals surface area contributed by atoms with Crippen molar-refractivity contribution in [2.24, 2.45) is 0 Å².